The monoisotopic (exact) mass is 497 g/mol. The van der Waals surface area contributed by atoms with E-state index < -0.39 is 10.0 Å². The number of hydrogen-bond donors (Lipinski definition) is 0. The second kappa shape index (κ2) is 8.75. The van der Waals surface area contributed by atoms with Gasteiger partial charge in [0.25, 0.3) is 10.0 Å². The van der Waals surface area contributed by atoms with Crippen LogP contribution in [0.25, 0.3) is 0 Å². The minimum Gasteiger partial charge on any atom is -0.368 e. The standard InChI is InChI=1S/C20H24BrN3O3S2/c21-18-8-9-19(28-18)29(26,27)24-10-4-5-16(15-24)20(25)23-13-11-22(12-14-23)17-6-2-1-3-7-17/h1-3,6-9,16H,4-5,10-15H2/t16-/m0/s1. The second-order valence-electron chi connectivity index (χ2n) is 7.41. The number of anilines is 1. The molecule has 2 aliphatic rings. The smallest absolute Gasteiger partial charge is 0.252 e. The fourth-order valence-electron chi connectivity index (χ4n) is 4.01. The molecule has 1 aromatic heterocycles. The van der Waals surface area contributed by atoms with Crippen LogP contribution in [0.5, 0.6) is 0 Å². The number of para-hydroxylation sites is 1. The number of benzene rings is 1. The van der Waals surface area contributed by atoms with Crippen LogP contribution in [0.1, 0.15) is 12.8 Å². The first kappa shape index (κ1) is 20.8. The number of thiophene rings is 1. The van der Waals surface area contributed by atoms with Gasteiger partial charge in [-0.1, -0.05) is 18.2 Å². The van der Waals surface area contributed by atoms with Gasteiger partial charge in [0.05, 0.1) is 9.70 Å². The maximum atomic E-state index is 13.1. The van der Waals surface area contributed by atoms with E-state index in [4.69, 9.17) is 0 Å². The predicted molar refractivity (Wildman–Crippen MR) is 119 cm³/mol. The van der Waals surface area contributed by atoms with E-state index in [0.29, 0.717) is 30.3 Å². The van der Waals surface area contributed by atoms with Gasteiger partial charge in [0.15, 0.2) is 0 Å². The van der Waals surface area contributed by atoms with E-state index in [-0.39, 0.29) is 18.4 Å². The van der Waals surface area contributed by atoms with Crippen molar-refractivity contribution in [2.45, 2.75) is 17.1 Å². The lowest BCUT2D eigenvalue weighted by Crippen LogP contribution is -2.53. The Labute approximate surface area is 184 Å². The van der Waals surface area contributed by atoms with Crippen molar-refractivity contribution in [2.75, 3.05) is 44.2 Å². The summed E-state index contributed by atoms with van der Waals surface area (Å²) in [6.45, 7) is 3.70. The first-order valence-corrected chi connectivity index (χ1v) is 12.8. The average Bonchev–Trinajstić information content (AvgIpc) is 3.21. The van der Waals surface area contributed by atoms with Crippen LogP contribution in [0.2, 0.25) is 0 Å². The van der Waals surface area contributed by atoms with Crippen LogP contribution in [0, 0.1) is 5.92 Å². The van der Waals surface area contributed by atoms with E-state index in [1.807, 2.05) is 23.1 Å². The quantitative estimate of drug-likeness (QED) is 0.650. The number of nitrogens with zero attached hydrogens (tertiary/aromatic N) is 3. The van der Waals surface area contributed by atoms with Crippen molar-refractivity contribution in [1.82, 2.24) is 9.21 Å². The Morgan fingerprint density at radius 2 is 1.72 bits per heavy atom. The molecule has 0 N–H and O–H groups in total. The molecule has 9 heteroatoms. The van der Waals surface area contributed by atoms with Gasteiger partial charge in [-0.2, -0.15) is 4.31 Å². The van der Waals surface area contributed by atoms with Crippen LogP contribution in [0.15, 0.2) is 50.5 Å². The summed E-state index contributed by atoms with van der Waals surface area (Å²) in [6, 6.07) is 13.6. The molecular weight excluding hydrogens is 474 g/mol. The number of carbonyl (C=O) groups is 1. The molecule has 2 aromatic rings. The van der Waals surface area contributed by atoms with Crippen LogP contribution in [0.3, 0.4) is 0 Å². The summed E-state index contributed by atoms with van der Waals surface area (Å²) in [5.41, 5.74) is 1.18. The van der Waals surface area contributed by atoms with Crippen molar-refractivity contribution in [3.63, 3.8) is 0 Å². The molecule has 6 nitrogen and oxygen atoms in total. The first-order chi connectivity index (χ1) is 13.9. The largest absolute Gasteiger partial charge is 0.368 e. The van der Waals surface area contributed by atoms with Gasteiger partial charge >= 0.3 is 0 Å². The first-order valence-electron chi connectivity index (χ1n) is 9.79. The SMILES string of the molecule is O=C([C@H]1CCCN(S(=O)(=O)c2ccc(Br)s2)C1)N1CCN(c2ccccc2)CC1. The molecule has 1 aromatic carbocycles. The summed E-state index contributed by atoms with van der Waals surface area (Å²) < 4.78 is 28.5. The molecule has 0 radical (unpaired) electrons. The summed E-state index contributed by atoms with van der Waals surface area (Å²) >= 11 is 4.54. The van der Waals surface area contributed by atoms with Gasteiger partial charge in [0.2, 0.25) is 5.91 Å². The van der Waals surface area contributed by atoms with Gasteiger partial charge in [-0.15, -0.1) is 11.3 Å². The molecule has 2 aliphatic heterocycles. The molecule has 0 bridgehead atoms. The fraction of sp³-hybridized carbons (Fsp3) is 0.450. The highest BCUT2D eigenvalue weighted by molar-refractivity contribution is 9.11. The van der Waals surface area contributed by atoms with Gasteiger partial charge in [0, 0.05) is 45.0 Å². The second-order valence-corrected chi connectivity index (χ2v) is 12.0. The summed E-state index contributed by atoms with van der Waals surface area (Å²) in [4.78, 5) is 17.3. The molecule has 0 saturated carbocycles. The molecule has 2 fully saturated rings. The number of amides is 1. The number of halogens is 1. The Kier molecular flexibility index (Phi) is 6.29. The summed E-state index contributed by atoms with van der Waals surface area (Å²) in [7, 11) is -3.54. The normalized spacial score (nSPS) is 21.3. The van der Waals surface area contributed by atoms with E-state index in [9.17, 15) is 13.2 Å². The summed E-state index contributed by atoms with van der Waals surface area (Å²) in [5, 5.41) is 0. The molecule has 29 heavy (non-hydrogen) atoms. The maximum absolute atomic E-state index is 13.1. The molecule has 4 rings (SSSR count). The Balaban J connectivity index is 1.38. The molecule has 0 unspecified atom stereocenters. The zero-order valence-corrected chi connectivity index (χ0v) is 19.3. The van der Waals surface area contributed by atoms with Crippen LogP contribution >= 0.6 is 27.3 Å². The third-order valence-corrected chi connectivity index (χ3v) is 9.54. The van der Waals surface area contributed by atoms with Crippen molar-refractivity contribution in [3.05, 3.63) is 46.3 Å². The summed E-state index contributed by atoms with van der Waals surface area (Å²) in [6.07, 6.45) is 1.46. The van der Waals surface area contributed by atoms with E-state index >= 15 is 0 Å². The van der Waals surface area contributed by atoms with E-state index in [2.05, 4.69) is 33.0 Å². The lowest BCUT2D eigenvalue weighted by molar-refractivity contribution is -0.137. The average molecular weight is 498 g/mol. The number of carbonyl (C=O) groups excluding carboxylic acids is 1. The van der Waals surface area contributed by atoms with Gasteiger partial charge in [-0.3, -0.25) is 4.79 Å². The topological polar surface area (TPSA) is 60.9 Å². The van der Waals surface area contributed by atoms with Crippen LogP contribution < -0.4 is 4.90 Å². The summed E-state index contributed by atoms with van der Waals surface area (Å²) in [5.74, 6) is -0.171. The highest BCUT2D eigenvalue weighted by atomic mass is 79.9. The molecule has 1 amide bonds. The molecule has 1 atom stereocenters. The van der Waals surface area contributed by atoms with Crippen molar-refractivity contribution in [3.8, 4) is 0 Å². The highest BCUT2D eigenvalue weighted by Crippen LogP contribution is 2.31. The number of hydrogen-bond acceptors (Lipinski definition) is 5. The van der Waals surface area contributed by atoms with Gasteiger partial charge < -0.3 is 9.80 Å². The van der Waals surface area contributed by atoms with Crippen LogP contribution in [-0.4, -0.2) is 62.8 Å². The van der Waals surface area contributed by atoms with Crippen LogP contribution in [-0.2, 0) is 14.8 Å². The number of sulfonamides is 1. The minimum absolute atomic E-state index is 0.0879. The van der Waals surface area contributed by atoms with Crippen LogP contribution in [0.4, 0.5) is 5.69 Å². The van der Waals surface area contributed by atoms with Crippen molar-refractivity contribution >= 4 is 48.9 Å². The van der Waals surface area contributed by atoms with Crippen molar-refractivity contribution in [2.24, 2.45) is 5.92 Å². The van der Waals surface area contributed by atoms with Crippen molar-refractivity contribution < 1.29 is 13.2 Å². The Hall–Kier alpha value is -1.42. The number of piperazine rings is 1. The molecule has 0 spiro atoms. The van der Waals surface area contributed by atoms with Gasteiger partial charge in [0.1, 0.15) is 4.21 Å². The lowest BCUT2D eigenvalue weighted by atomic mass is 9.97. The lowest BCUT2D eigenvalue weighted by Gasteiger charge is -2.39. The van der Waals surface area contributed by atoms with E-state index in [1.165, 1.54) is 21.3 Å². The molecular formula is C20H24BrN3O3S2. The zero-order valence-electron chi connectivity index (χ0n) is 16.0. The Bertz CT molecular complexity index is 956. The highest BCUT2D eigenvalue weighted by Gasteiger charge is 2.36. The fourth-order valence-corrected chi connectivity index (χ4v) is 7.70. The van der Waals surface area contributed by atoms with Crippen molar-refractivity contribution in [1.29, 1.82) is 0 Å². The molecule has 156 valence electrons. The van der Waals surface area contributed by atoms with E-state index in [0.717, 1.165) is 23.3 Å². The molecule has 0 aliphatic carbocycles. The zero-order chi connectivity index (χ0) is 20.4. The Morgan fingerprint density at radius 3 is 2.38 bits per heavy atom. The van der Waals surface area contributed by atoms with Gasteiger partial charge in [-0.05, 0) is 53.0 Å². The molecule has 2 saturated heterocycles. The third-order valence-electron chi connectivity index (χ3n) is 5.59. The third kappa shape index (κ3) is 4.52. The van der Waals surface area contributed by atoms with Gasteiger partial charge in [-0.25, -0.2) is 8.42 Å². The molecule has 3 heterocycles. The number of piperidine rings is 1. The number of rotatable bonds is 4. The minimum atomic E-state index is -3.54. The maximum Gasteiger partial charge on any atom is 0.252 e. The predicted octanol–water partition coefficient (Wildman–Crippen LogP) is 3.26. The Morgan fingerprint density at radius 1 is 1.00 bits per heavy atom. The van der Waals surface area contributed by atoms with E-state index in [1.54, 1.807) is 12.1 Å².